The number of ether oxygens (including phenoxy) is 2. The standard InChI is InChI=1S/C9H17NO5/c1-14-5-6-15-7-8(11)10-4-2-3-9(12)13/h2-7H2,1H3,(H,10,11)(H,12,13). The van der Waals surface area contributed by atoms with Crippen LogP contribution in [0.1, 0.15) is 12.8 Å². The van der Waals surface area contributed by atoms with E-state index >= 15 is 0 Å². The number of methoxy groups -OCH3 is 1. The highest BCUT2D eigenvalue weighted by Crippen LogP contribution is 1.86. The normalized spacial score (nSPS) is 9.93. The monoisotopic (exact) mass is 219 g/mol. The molecule has 0 spiro atoms. The average molecular weight is 219 g/mol. The van der Waals surface area contributed by atoms with E-state index in [1.165, 1.54) is 0 Å². The Hall–Kier alpha value is -1.14. The summed E-state index contributed by atoms with van der Waals surface area (Å²) in [5, 5.41) is 10.9. The maximum Gasteiger partial charge on any atom is 0.303 e. The van der Waals surface area contributed by atoms with Gasteiger partial charge in [0, 0.05) is 20.1 Å². The van der Waals surface area contributed by atoms with Gasteiger partial charge in [-0.15, -0.1) is 0 Å². The lowest BCUT2D eigenvalue weighted by atomic mass is 10.3. The van der Waals surface area contributed by atoms with Crippen molar-refractivity contribution < 1.29 is 24.2 Å². The average Bonchev–Trinajstić information content (AvgIpc) is 2.19. The predicted molar refractivity (Wildman–Crippen MR) is 52.6 cm³/mol. The van der Waals surface area contributed by atoms with Gasteiger partial charge in [-0.25, -0.2) is 0 Å². The first-order chi connectivity index (χ1) is 7.16. The first kappa shape index (κ1) is 13.9. The number of nitrogens with one attached hydrogen (secondary N) is 1. The molecule has 0 aromatic rings. The van der Waals surface area contributed by atoms with Crippen molar-refractivity contribution in [2.75, 3.05) is 33.5 Å². The van der Waals surface area contributed by atoms with Gasteiger partial charge < -0.3 is 19.9 Å². The van der Waals surface area contributed by atoms with Gasteiger partial charge in [0.15, 0.2) is 0 Å². The van der Waals surface area contributed by atoms with Crippen LogP contribution in [0.2, 0.25) is 0 Å². The number of hydrogen-bond acceptors (Lipinski definition) is 4. The number of hydrogen-bond donors (Lipinski definition) is 2. The van der Waals surface area contributed by atoms with E-state index in [4.69, 9.17) is 14.6 Å². The van der Waals surface area contributed by atoms with Crippen LogP contribution in [0.15, 0.2) is 0 Å². The molecule has 0 radical (unpaired) electrons. The molecule has 0 unspecified atom stereocenters. The molecule has 6 heteroatoms. The number of carbonyl (C=O) groups is 2. The molecule has 0 aromatic heterocycles. The fraction of sp³-hybridized carbons (Fsp3) is 0.778. The Bertz CT molecular complexity index is 195. The molecule has 0 rings (SSSR count). The molecule has 0 heterocycles. The lowest BCUT2D eigenvalue weighted by Crippen LogP contribution is -2.29. The molecular formula is C9H17NO5. The van der Waals surface area contributed by atoms with Gasteiger partial charge in [-0.2, -0.15) is 0 Å². The Kier molecular flexibility index (Phi) is 8.70. The van der Waals surface area contributed by atoms with E-state index in [9.17, 15) is 9.59 Å². The minimum Gasteiger partial charge on any atom is -0.481 e. The van der Waals surface area contributed by atoms with Crippen LogP contribution in [0.25, 0.3) is 0 Å². The third-order valence-corrected chi connectivity index (χ3v) is 1.55. The van der Waals surface area contributed by atoms with Crippen molar-refractivity contribution >= 4 is 11.9 Å². The van der Waals surface area contributed by atoms with Gasteiger partial charge in [-0.1, -0.05) is 0 Å². The van der Waals surface area contributed by atoms with Crippen LogP contribution in [-0.2, 0) is 19.1 Å². The molecule has 0 aromatic carbocycles. The van der Waals surface area contributed by atoms with E-state index in [0.717, 1.165) is 0 Å². The van der Waals surface area contributed by atoms with Crippen molar-refractivity contribution in [2.24, 2.45) is 0 Å². The van der Waals surface area contributed by atoms with Crippen LogP contribution in [-0.4, -0.2) is 50.5 Å². The Balaban J connectivity index is 3.22. The summed E-state index contributed by atoms with van der Waals surface area (Å²) in [6.45, 7) is 1.17. The summed E-state index contributed by atoms with van der Waals surface area (Å²) in [7, 11) is 1.55. The number of amides is 1. The highest BCUT2D eigenvalue weighted by atomic mass is 16.5. The van der Waals surface area contributed by atoms with Gasteiger partial charge >= 0.3 is 5.97 Å². The second-order valence-electron chi connectivity index (χ2n) is 2.89. The first-order valence-corrected chi connectivity index (χ1v) is 4.72. The van der Waals surface area contributed by atoms with Gasteiger partial charge in [0.25, 0.3) is 0 Å². The first-order valence-electron chi connectivity index (χ1n) is 4.72. The number of carboxylic acid groups (broad SMARTS) is 1. The molecule has 0 aliphatic rings. The minimum atomic E-state index is -0.861. The van der Waals surface area contributed by atoms with Crippen molar-refractivity contribution in [1.82, 2.24) is 5.32 Å². The third-order valence-electron chi connectivity index (χ3n) is 1.55. The van der Waals surface area contributed by atoms with Crippen LogP contribution >= 0.6 is 0 Å². The van der Waals surface area contributed by atoms with E-state index in [1.807, 2.05) is 0 Å². The third kappa shape index (κ3) is 10.8. The Morgan fingerprint density at radius 1 is 1.33 bits per heavy atom. The van der Waals surface area contributed by atoms with Gasteiger partial charge in [0.2, 0.25) is 5.91 Å². The molecular weight excluding hydrogens is 202 g/mol. The second kappa shape index (κ2) is 9.42. The lowest BCUT2D eigenvalue weighted by molar-refractivity contribution is -0.137. The molecule has 0 saturated heterocycles. The van der Waals surface area contributed by atoms with E-state index in [-0.39, 0.29) is 18.9 Å². The number of rotatable bonds is 9. The number of carbonyl (C=O) groups excluding carboxylic acids is 1. The highest BCUT2D eigenvalue weighted by molar-refractivity contribution is 5.77. The highest BCUT2D eigenvalue weighted by Gasteiger charge is 2.01. The van der Waals surface area contributed by atoms with Crippen LogP contribution in [0, 0.1) is 0 Å². The fourth-order valence-corrected chi connectivity index (χ4v) is 0.826. The molecule has 0 aliphatic heterocycles. The number of aliphatic carboxylic acids is 1. The summed E-state index contributed by atoms with van der Waals surface area (Å²) in [6.07, 6.45) is 0.490. The smallest absolute Gasteiger partial charge is 0.303 e. The summed E-state index contributed by atoms with van der Waals surface area (Å²) >= 11 is 0. The van der Waals surface area contributed by atoms with Crippen molar-refractivity contribution in [3.63, 3.8) is 0 Å². The Morgan fingerprint density at radius 2 is 2.07 bits per heavy atom. The van der Waals surface area contributed by atoms with Crippen molar-refractivity contribution in [1.29, 1.82) is 0 Å². The largest absolute Gasteiger partial charge is 0.481 e. The van der Waals surface area contributed by atoms with Gasteiger partial charge in [0.1, 0.15) is 6.61 Å². The molecule has 0 fully saturated rings. The van der Waals surface area contributed by atoms with Crippen molar-refractivity contribution in [2.45, 2.75) is 12.8 Å². The summed E-state index contributed by atoms with van der Waals surface area (Å²) in [4.78, 5) is 21.2. The van der Waals surface area contributed by atoms with Crippen LogP contribution in [0.4, 0.5) is 0 Å². The zero-order valence-electron chi connectivity index (χ0n) is 8.82. The van der Waals surface area contributed by atoms with Gasteiger partial charge in [-0.05, 0) is 6.42 Å². The Labute approximate surface area is 88.6 Å². The quantitative estimate of drug-likeness (QED) is 0.517. The molecule has 88 valence electrons. The second-order valence-corrected chi connectivity index (χ2v) is 2.89. The molecule has 0 saturated carbocycles. The van der Waals surface area contributed by atoms with E-state index in [2.05, 4.69) is 5.32 Å². The van der Waals surface area contributed by atoms with Crippen LogP contribution < -0.4 is 5.32 Å². The maximum atomic E-state index is 11.0. The topological polar surface area (TPSA) is 84.9 Å². The molecule has 2 N–H and O–H groups in total. The zero-order valence-corrected chi connectivity index (χ0v) is 8.82. The molecule has 0 bridgehead atoms. The minimum absolute atomic E-state index is 0.0174. The summed E-state index contributed by atoms with van der Waals surface area (Å²) in [6, 6.07) is 0. The van der Waals surface area contributed by atoms with Crippen LogP contribution in [0.5, 0.6) is 0 Å². The summed E-state index contributed by atoms with van der Waals surface area (Å²) < 4.78 is 9.69. The summed E-state index contributed by atoms with van der Waals surface area (Å²) in [5.41, 5.74) is 0. The van der Waals surface area contributed by atoms with E-state index in [0.29, 0.717) is 26.2 Å². The van der Waals surface area contributed by atoms with Gasteiger partial charge in [-0.3, -0.25) is 9.59 Å². The SMILES string of the molecule is COCCOCC(=O)NCCCC(=O)O. The summed E-state index contributed by atoms with van der Waals surface area (Å²) in [5.74, 6) is -1.10. The number of carboxylic acids is 1. The zero-order chi connectivity index (χ0) is 11.5. The molecule has 1 amide bonds. The molecule has 15 heavy (non-hydrogen) atoms. The predicted octanol–water partition coefficient (Wildman–Crippen LogP) is -0.370. The van der Waals surface area contributed by atoms with Crippen molar-refractivity contribution in [3.8, 4) is 0 Å². The maximum absolute atomic E-state index is 11.0. The Morgan fingerprint density at radius 3 is 2.67 bits per heavy atom. The fourth-order valence-electron chi connectivity index (χ4n) is 0.826. The molecule has 0 aliphatic carbocycles. The lowest BCUT2D eigenvalue weighted by Gasteiger charge is -2.04. The van der Waals surface area contributed by atoms with Crippen molar-refractivity contribution in [3.05, 3.63) is 0 Å². The van der Waals surface area contributed by atoms with Gasteiger partial charge in [0.05, 0.1) is 13.2 Å². The molecule has 0 atom stereocenters. The van der Waals surface area contributed by atoms with E-state index < -0.39 is 5.97 Å². The van der Waals surface area contributed by atoms with E-state index in [1.54, 1.807) is 7.11 Å². The van der Waals surface area contributed by atoms with Crippen LogP contribution in [0.3, 0.4) is 0 Å². The molecule has 6 nitrogen and oxygen atoms in total.